The van der Waals surface area contributed by atoms with Crippen molar-refractivity contribution >= 4 is 23.2 Å². The van der Waals surface area contributed by atoms with Crippen molar-refractivity contribution in [1.82, 2.24) is 9.80 Å². The van der Waals surface area contributed by atoms with Gasteiger partial charge < -0.3 is 9.80 Å². The highest BCUT2D eigenvalue weighted by Gasteiger charge is 2.23. The van der Waals surface area contributed by atoms with E-state index in [0.29, 0.717) is 30.2 Å². The van der Waals surface area contributed by atoms with Crippen molar-refractivity contribution in [2.75, 3.05) is 44.7 Å². The highest BCUT2D eigenvalue weighted by atomic mass is 35.5. The first-order chi connectivity index (χ1) is 13.4. The van der Waals surface area contributed by atoms with Crippen LogP contribution in [0.15, 0.2) is 36.4 Å². The van der Waals surface area contributed by atoms with Gasteiger partial charge in [0, 0.05) is 49.0 Å². The smallest absolute Gasteiger partial charge is 0.236 e. The van der Waals surface area contributed by atoms with E-state index in [1.165, 1.54) is 22.9 Å². The zero-order valence-corrected chi connectivity index (χ0v) is 17.5. The molecule has 3 rings (SSSR count). The lowest BCUT2D eigenvalue weighted by Crippen LogP contribution is -2.51. The number of carbonyl (C=O) groups excluding carboxylic acids is 1. The van der Waals surface area contributed by atoms with Crippen LogP contribution in [-0.4, -0.2) is 55.5 Å². The fourth-order valence-corrected chi connectivity index (χ4v) is 3.84. The van der Waals surface area contributed by atoms with Crippen molar-refractivity contribution in [2.24, 2.45) is 0 Å². The van der Waals surface area contributed by atoms with Gasteiger partial charge in [-0.2, -0.15) is 0 Å². The second kappa shape index (κ2) is 8.93. The molecule has 4 nitrogen and oxygen atoms in total. The average Bonchev–Trinajstić information content (AvgIpc) is 2.67. The highest BCUT2D eigenvalue weighted by molar-refractivity contribution is 6.31. The second-order valence-corrected chi connectivity index (χ2v) is 7.87. The van der Waals surface area contributed by atoms with Crippen molar-refractivity contribution in [3.63, 3.8) is 0 Å². The first-order valence-electron chi connectivity index (χ1n) is 9.57. The third kappa shape index (κ3) is 4.65. The van der Waals surface area contributed by atoms with Gasteiger partial charge >= 0.3 is 0 Å². The van der Waals surface area contributed by atoms with E-state index in [9.17, 15) is 9.18 Å². The molecule has 6 heteroatoms. The summed E-state index contributed by atoms with van der Waals surface area (Å²) < 4.78 is 14.0. The Morgan fingerprint density at radius 2 is 1.79 bits per heavy atom. The fraction of sp³-hybridized carbons (Fsp3) is 0.409. The molecule has 0 aliphatic carbocycles. The number of likely N-dealkylation sites (N-methyl/N-ethyl adjacent to an activating group) is 1. The van der Waals surface area contributed by atoms with Gasteiger partial charge in [-0.1, -0.05) is 29.8 Å². The summed E-state index contributed by atoms with van der Waals surface area (Å²) in [6, 6.07) is 11.0. The van der Waals surface area contributed by atoms with Crippen LogP contribution in [0.1, 0.15) is 16.7 Å². The number of hydrogen-bond acceptors (Lipinski definition) is 3. The van der Waals surface area contributed by atoms with Crippen LogP contribution >= 0.6 is 11.6 Å². The van der Waals surface area contributed by atoms with Gasteiger partial charge in [0.2, 0.25) is 5.91 Å². The van der Waals surface area contributed by atoms with Crippen LogP contribution < -0.4 is 4.90 Å². The summed E-state index contributed by atoms with van der Waals surface area (Å²) >= 11 is 6.09. The molecule has 0 radical (unpaired) electrons. The molecule has 1 aliphatic rings. The molecule has 1 aliphatic heterocycles. The molecule has 28 heavy (non-hydrogen) atoms. The number of nitrogens with zero attached hydrogens (tertiary/aromatic N) is 3. The van der Waals surface area contributed by atoms with E-state index >= 15 is 0 Å². The Balaban J connectivity index is 1.54. The number of aryl methyl sites for hydroxylation is 1. The van der Waals surface area contributed by atoms with Gasteiger partial charge in [-0.15, -0.1) is 0 Å². The molecule has 2 aromatic rings. The fourth-order valence-electron chi connectivity index (χ4n) is 3.62. The van der Waals surface area contributed by atoms with E-state index in [-0.39, 0.29) is 18.3 Å². The maximum atomic E-state index is 14.0. The number of benzene rings is 2. The maximum Gasteiger partial charge on any atom is 0.236 e. The molecule has 0 bridgehead atoms. The van der Waals surface area contributed by atoms with Crippen LogP contribution in [0.25, 0.3) is 0 Å². The predicted octanol–water partition coefficient (Wildman–Crippen LogP) is 3.88. The quantitative estimate of drug-likeness (QED) is 0.758. The van der Waals surface area contributed by atoms with Crippen LogP contribution in [0.3, 0.4) is 0 Å². The van der Waals surface area contributed by atoms with Crippen LogP contribution in [0.4, 0.5) is 10.1 Å². The van der Waals surface area contributed by atoms with Crippen molar-refractivity contribution < 1.29 is 9.18 Å². The number of rotatable bonds is 5. The molecule has 1 amide bonds. The molecule has 0 saturated carbocycles. The summed E-state index contributed by atoms with van der Waals surface area (Å²) in [6.45, 7) is 7.84. The lowest BCUT2D eigenvalue weighted by atomic mass is 10.1. The molecule has 1 heterocycles. The number of amides is 1. The van der Waals surface area contributed by atoms with Crippen LogP contribution in [0.2, 0.25) is 5.02 Å². The predicted molar refractivity (Wildman–Crippen MR) is 112 cm³/mol. The lowest BCUT2D eigenvalue weighted by molar-refractivity contribution is -0.132. The van der Waals surface area contributed by atoms with Crippen molar-refractivity contribution in [3.05, 3.63) is 63.9 Å². The first kappa shape index (κ1) is 20.6. The summed E-state index contributed by atoms with van der Waals surface area (Å²) in [5.41, 5.74) is 4.26. The summed E-state index contributed by atoms with van der Waals surface area (Å²) in [6.07, 6.45) is 0. The third-order valence-electron chi connectivity index (χ3n) is 5.44. The standard InChI is InChI=1S/C22H27ClFN3O/c1-16-6-4-9-21(17(16)2)26-10-12-27(13-11-26)22(28)15-25(3)14-18-19(23)7-5-8-20(18)24/h4-9H,10-15H2,1-3H3. The Labute approximate surface area is 171 Å². The molecule has 0 N–H and O–H groups in total. The van der Waals surface area contributed by atoms with Gasteiger partial charge in [0.15, 0.2) is 0 Å². The molecule has 1 fully saturated rings. The summed E-state index contributed by atoms with van der Waals surface area (Å²) in [5, 5.41) is 0.390. The zero-order chi connectivity index (χ0) is 20.3. The molecule has 1 saturated heterocycles. The number of carbonyl (C=O) groups is 1. The van der Waals surface area contributed by atoms with E-state index < -0.39 is 0 Å². The van der Waals surface area contributed by atoms with Gasteiger partial charge in [-0.05, 0) is 50.2 Å². The Morgan fingerprint density at radius 1 is 1.11 bits per heavy atom. The monoisotopic (exact) mass is 403 g/mol. The van der Waals surface area contributed by atoms with E-state index in [1.807, 2.05) is 16.8 Å². The lowest BCUT2D eigenvalue weighted by Gasteiger charge is -2.37. The molecule has 2 aromatic carbocycles. The molecule has 0 atom stereocenters. The van der Waals surface area contributed by atoms with Crippen molar-refractivity contribution in [2.45, 2.75) is 20.4 Å². The van der Waals surface area contributed by atoms with Crippen LogP contribution in [0.5, 0.6) is 0 Å². The normalized spacial score (nSPS) is 14.6. The Morgan fingerprint density at radius 3 is 2.46 bits per heavy atom. The molecule has 150 valence electrons. The van der Waals surface area contributed by atoms with Gasteiger partial charge in [0.05, 0.1) is 6.54 Å². The second-order valence-electron chi connectivity index (χ2n) is 7.46. The molecular formula is C22H27ClFN3O. The van der Waals surface area contributed by atoms with Gasteiger partial charge in [-0.25, -0.2) is 4.39 Å². The van der Waals surface area contributed by atoms with Crippen LogP contribution in [-0.2, 0) is 11.3 Å². The number of halogens is 2. The van der Waals surface area contributed by atoms with E-state index in [2.05, 4.69) is 36.9 Å². The van der Waals surface area contributed by atoms with E-state index in [4.69, 9.17) is 11.6 Å². The summed E-state index contributed by atoms with van der Waals surface area (Å²) in [5.74, 6) is -0.274. The SMILES string of the molecule is Cc1cccc(N2CCN(C(=O)CN(C)Cc3c(F)cccc3Cl)CC2)c1C. The topological polar surface area (TPSA) is 26.8 Å². The third-order valence-corrected chi connectivity index (χ3v) is 5.80. The van der Waals surface area contributed by atoms with Gasteiger partial charge in [-0.3, -0.25) is 9.69 Å². The maximum absolute atomic E-state index is 14.0. The molecule has 0 spiro atoms. The first-order valence-corrected chi connectivity index (χ1v) is 9.95. The summed E-state index contributed by atoms with van der Waals surface area (Å²) in [7, 11) is 1.81. The minimum Gasteiger partial charge on any atom is -0.368 e. The number of piperazine rings is 1. The average molecular weight is 404 g/mol. The minimum atomic E-state index is -0.339. The van der Waals surface area contributed by atoms with Gasteiger partial charge in [0.1, 0.15) is 5.82 Å². The van der Waals surface area contributed by atoms with Crippen LogP contribution in [0, 0.1) is 19.7 Å². The number of anilines is 1. The van der Waals surface area contributed by atoms with Gasteiger partial charge in [0.25, 0.3) is 0 Å². The Hall–Kier alpha value is -2.11. The zero-order valence-electron chi connectivity index (χ0n) is 16.7. The van der Waals surface area contributed by atoms with E-state index in [1.54, 1.807) is 12.1 Å². The molecular weight excluding hydrogens is 377 g/mol. The van der Waals surface area contributed by atoms with E-state index in [0.717, 1.165) is 13.1 Å². The Bertz CT molecular complexity index is 829. The highest BCUT2D eigenvalue weighted by Crippen LogP contribution is 2.24. The minimum absolute atomic E-state index is 0.0653. The number of hydrogen-bond donors (Lipinski definition) is 0. The summed E-state index contributed by atoms with van der Waals surface area (Å²) in [4.78, 5) is 18.7. The molecule has 0 aromatic heterocycles. The largest absolute Gasteiger partial charge is 0.368 e. The molecule has 0 unspecified atom stereocenters. The van der Waals surface area contributed by atoms with Crippen molar-refractivity contribution in [1.29, 1.82) is 0 Å². The van der Waals surface area contributed by atoms with Crippen molar-refractivity contribution in [3.8, 4) is 0 Å². The Kier molecular flexibility index (Phi) is 6.57.